The Hall–Kier alpha value is -2.29. The molecule has 0 aliphatic carbocycles. The standard InChI is InChI=1S/C20H28N6O2S/c1-14-7-9-25(10-8-14)18-22-23-19(26(18)12-15-6-5-11-27-15)29-13-16-21-17(28-24-16)20(2,3)4/h5-6,11,14H,7-10,12-13H2,1-4H3. The van der Waals surface area contributed by atoms with Crippen LogP contribution in [0.3, 0.4) is 0 Å². The number of furan rings is 1. The van der Waals surface area contributed by atoms with E-state index in [4.69, 9.17) is 8.94 Å². The fourth-order valence-electron chi connectivity index (χ4n) is 3.27. The van der Waals surface area contributed by atoms with Gasteiger partial charge in [0.05, 0.1) is 18.6 Å². The van der Waals surface area contributed by atoms with Crippen LogP contribution in [0.25, 0.3) is 0 Å². The van der Waals surface area contributed by atoms with Gasteiger partial charge < -0.3 is 13.8 Å². The van der Waals surface area contributed by atoms with Gasteiger partial charge in [-0.05, 0) is 30.9 Å². The average Bonchev–Trinajstić information content (AvgIpc) is 3.42. The molecule has 9 heteroatoms. The normalized spacial score (nSPS) is 15.9. The van der Waals surface area contributed by atoms with Crippen LogP contribution in [-0.2, 0) is 17.7 Å². The Morgan fingerprint density at radius 3 is 2.66 bits per heavy atom. The summed E-state index contributed by atoms with van der Waals surface area (Å²) in [5.41, 5.74) is -0.159. The molecule has 0 aromatic carbocycles. The average molecular weight is 417 g/mol. The molecule has 0 N–H and O–H groups in total. The second kappa shape index (κ2) is 8.22. The molecule has 1 fully saturated rings. The predicted octanol–water partition coefficient (Wildman–Crippen LogP) is 4.13. The monoisotopic (exact) mass is 416 g/mol. The molecule has 29 heavy (non-hydrogen) atoms. The van der Waals surface area contributed by atoms with E-state index in [2.05, 4.69) is 57.5 Å². The minimum Gasteiger partial charge on any atom is -0.467 e. The number of rotatable bonds is 6. The number of hydrogen-bond acceptors (Lipinski definition) is 8. The third kappa shape index (κ3) is 4.66. The summed E-state index contributed by atoms with van der Waals surface area (Å²) >= 11 is 1.57. The van der Waals surface area contributed by atoms with Crippen LogP contribution in [-0.4, -0.2) is 38.0 Å². The lowest BCUT2D eigenvalue weighted by Gasteiger charge is -2.31. The summed E-state index contributed by atoms with van der Waals surface area (Å²) in [6.45, 7) is 11.1. The highest BCUT2D eigenvalue weighted by atomic mass is 32.2. The largest absolute Gasteiger partial charge is 0.467 e. The first-order chi connectivity index (χ1) is 13.9. The third-order valence-corrected chi connectivity index (χ3v) is 6.06. The van der Waals surface area contributed by atoms with Gasteiger partial charge in [0.25, 0.3) is 0 Å². The number of thioether (sulfide) groups is 1. The van der Waals surface area contributed by atoms with Gasteiger partial charge in [-0.1, -0.05) is 44.6 Å². The molecule has 8 nitrogen and oxygen atoms in total. The second-order valence-corrected chi connectivity index (χ2v) is 9.61. The van der Waals surface area contributed by atoms with Gasteiger partial charge in [0.15, 0.2) is 11.0 Å². The van der Waals surface area contributed by atoms with Gasteiger partial charge in [-0.3, -0.25) is 4.57 Å². The maximum atomic E-state index is 5.58. The molecule has 0 bridgehead atoms. The van der Waals surface area contributed by atoms with Crippen LogP contribution in [0.4, 0.5) is 5.95 Å². The lowest BCUT2D eigenvalue weighted by Crippen LogP contribution is -2.35. The van der Waals surface area contributed by atoms with Crippen LogP contribution < -0.4 is 4.90 Å². The summed E-state index contributed by atoms with van der Waals surface area (Å²) in [4.78, 5) is 6.85. The number of aromatic nitrogens is 5. The fourth-order valence-corrected chi connectivity index (χ4v) is 4.05. The Morgan fingerprint density at radius 1 is 1.21 bits per heavy atom. The molecule has 0 radical (unpaired) electrons. The van der Waals surface area contributed by atoms with Crippen LogP contribution in [0, 0.1) is 5.92 Å². The third-order valence-electron chi connectivity index (χ3n) is 5.10. The zero-order valence-electron chi connectivity index (χ0n) is 17.5. The highest BCUT2D eigenvalue weighted by Gasteiger charge is 2.25. The topological polar surface area (TPSA) is 86.0 Å². The van der Waals surface area contributed by atoms with E-state index < -0.39 is 0 Å². The van der Waals surface area contributed by atoms with Crippen LogP contribution in [0.2, 0.25) is 0 Å². The number of piperidine rings is 1. The summed E-state index contributed by atoms with van der Waals surface area (Å²) in [6.07, 6.45) is 4.05. The summed E-state index contributed by atoms with van der Waals surface area (Å²) in [6, 6.07) is 3.88. The van der Waals surface area contributed by atoms with Gasteiger partial charge in [0.2, 0.25) is 11.8 Å². The van der Waals surface area contributed by atoms with Crippen molar-refractivity contribution in [2.45, 2.75) is 63.4 Å². The van der Waals surface area contributed by atoms with E-state index in [-0.39, 0.29) is 5.41 Å². The van der Waals surface area contributed by atoms with Gasteiger partial charge in [-0.15, -0.1) is 10.2 Å². The smallest absolute Gasteiger partial charge is 0.232 e. The number of hydrogen-bond donors (Lipinski definition) is 0. The first-order valence-electron chi connectivity index (χ1n) is 10.1. The van der Waals surface area contributed by atoms with E-state index in [1.807, 2.05) is 12.1 Å². The van der Waals surface area contributed by atoms with Gasteiger partial charge in [-0.2, -0.15) is 4.98 Å². The molecule has 4 heterocycles. The van der Waals surface area contributed by atoms with E-state index >= 15 is 0 Å². The first-order valence-corrected chi connectivity index (χ1v) is 11.0. The Balaban J connectivity index is 1.53. The van der Waals surface area contributed by atoms with Gasteiger partial charge in [0, 0.05) is 18.5 Å². The van der Waals surface area contributed by atoms with Crippen LogP contribution >= 0.6 is 11.8 Å². The van der Waals surface area contributed by atoms with E-state index in [9.17, 15) is 0 Å². The minimum atomic E-state index is -0.159. The Labute approximate surface area is 175 Å². The molecule has 0 spiro atoms. The first kappa shape index (κ1) is 20.0. The lowest BCUT2D eigenvalue weighted by molar-refractivity contribution is 0.319. The molecule has 3 aromatic heterocycles. The molecule has 0 atom stereocenters. The second-order valence-electron chi connectivity index (χ2n) is 8.67. The highest BCUT2D eigenvalue weighted by Crippen LogP contribution is 2.29. The van der Waals surface area contributed by atoms with Crippen molar-refractivity contribution in [3.8, 4) is 0 Å². The quantitative estimate of drug-likeness (QED) is 0.555. The number of anilines is 1. The maximum absolute atomic E-state index is 5.58. The molecule has 0 saturated carbocycles. The van der Waals surface area contributed by atoms with Crippen molar-refractivity contribution in [3.05, 3.63) is 35.9 Å². The van der Waals surface area contributed by atoms with Crippen LogP contribution in [0.5, 0.6) is 0 Å². The van der Waals surface area contributed by atoms with Gasteiger partial charge in [0.1, 0.15) is 5.76 Å². The van der Waals surface area contributed by atoms with E-state index in [1.54, 1.807) is 18.0 Å². The molecule has 1 aliphatic rings. The zero-order chi connectivity index (χ0) is 20.4. The van der Waals surface area contributed by atoms with Crippen LogP contribution in [0.1, 0.15) is 58.0 Å². The molecule has 4 rings (SSSR count). The van der Waals surface area contributed by atoms with E-state index in [0.29, 0.717) is 24.0 Å². The Morgan fingerprint density at radius 2 is 2.00 bits per heavy atom. The van der Waals surface area contributed by atoms with E-state index in [0.717, 1.165) is 35.9 Å². The summed E-state index contributed by atoms with van der Waals surface area (Å²) in [5.74, 6) is 4.44. The van der Waals surface area contributed by atoms with Crippen molar-refractivity contribution in [1.82, 2.24) is 24.9 Å². The van der Waals surface area contributed by atoms with Crippen molar-refractivity contribution >= 4 is 17.7 Å². The predicted molar refractivity (Wildman–Crippen MR) is 111 cm³/mol. The fraction of sp³-hybridized carbons (Fsp3) is 0.600. The summed E-state index contributed by atoms with van der Waals surface area (Å²) in [7, 11) is 0. The van der Waals surface area contributed by atoms with E-state index in [1.165, 1.54) is 12.8 Å². The Bertz CT molecular complexity index is 919. The zero-order valence-corrected chi connectivity index (χ0v) is 18.3. The molecular formula is C20H28N6O2S. The SMILES string of the molecule is CC1CCN(c2nnc(SCc3noc(C(C)(C)C)n3)n2Cc2ccco2)CC1. The highest BCUT2D eigenvalue weighted by molar-refractivity contribution is 7.98. The van der Waals surface area contributed by atoms with Gasteiger partial charge >= 0.3 is 0 Å². The molecule has 1 saturated heterocycles. The van der Waals surface area contributed by atoms with Gasteiger partial charge in [-0.25, -0.2) is 0 Å². The van der Waals surface area contributed by atoms with Crippen molar-refractivity contribution in [2.75, 3.05) is 18.0 Å². The molecule has 0 unspecified atom stereocenters. The molecular weight excluding hydrogens is 388 g/mol. The van der Waals surface area contributed by atoms with Crippen molar-refractivity contribution in [1.29, 1.82) is 0 Å². The molecule has 1 aliphatic heterocycles. The summed E-state index contributed by atoms with van der Waals surface area (Å²) in [5, 5.41) is 13.9. The maximum Gasteiger partial charge on any atom is 0.232 e. The van der Waals surface area contributed by atoms with Crippen molar-refractivity contribution < 1.29 is 8.94 Å². The van der Waals surface area contributed by atoms with Crippen molar-refractivity contribution in [2.24, 2.45) is 5.92 Å². The Kier molecular flexibility index (Phi) is 5.67. The molecule has 0 amide bonds. The molecule has 156 valence electrons. The summed E-state index contributed by atoms with van der Waals surface area (Å²) < 4.78 is 13.1. The van der Waals surface area contributed by atoms with Crippen molar-refractivity contribution in [3.63, 3.8) is 0 Å². The number of nitrogens with zero attached hydrogens (tertiary/aromatic N) is 6. The lowest BCUT2D eigenvalue weighted by atomic mass is 9.97. The molecule has 3 aromatic rings. The minimum absolute atomic E-state index is 0.159. The van der Waals surface area contributed by atoms with Crippen LogP contribution in [0.15, 0.2) is 32.5 Å².